The Morgan fingerprint density at radius 3 is 1.80 bits per heavy atom. The van der Waals surface area contributed by atoms with E-state index in [2.05, 4.69) is 0 Å². The van der Waals surface area contributed by atoms with Crippen LogP contribution in [-0.2, 0) is 9.47 Å². The summed E-state index contributed by atoms with van der Waals surface area (Å²) >= 11 is 0. The molecule has 4 nitrogen and oxygen atoms in total. The molecule has 4 heteroatoms. The van der Waals surface area contributed by atoms with E-state index in [9.17, 15) is 0 Å². The third-order valence-electron chi connectivity index (χ3n) is 0.889. The van der Waals surface area contributed by atoms with Crippen LogP contribution in [0.2, 0.25) is 0 Å². The first-order valence-corrected chi connectivity index (χ1v) is 3.40. The number of hydrogen-bond donors (Lipinski definition) is 1. The summed E-state index contributed by atoms with van der Waals surface area (Å²) in [7, 11) is 0. The normalized spacial score (nSPS) is 10.8. The lowest BCUT2D eigenvalue weighted by molar-refractivity contribution is -0.207. The Hall–Kier alpha value is -0.160. The lowest BCUT2D eigenvalue weighted by Crippen LogP contribution is -2.25. The molecule has 0 amide bonds. The van der Waals surface area contributed by atoms with Gasteiger partial charge in [-0.1, -0.05) is 0 Å². The SMILES string of the molecule is CCOCN(O)COCC. The lowest BCUT2D eigenvalue weighted by Gasteiger charge is -2.12. The first kappa shape index (κ1) is 9.84. The zero-order chi connectivity index (χ0) is 7.82. The summed E-state index contributed by atoms with van der Waals surface area (Å²) in [5.74, 6) is 0. The molecule has 0 radical (unpaired) electrons. The molecule has 0 aliphatic carbocycles. The molecule has 1 N–H and O–H groups in total. The average molecular weight is 149 g/mol. The summed E-state index contributed by atoms with van der Waals surface area (Å²) in [5, 5.41) is 9.87. The second-order valence-electron chi connectivity index (χ2n) is 1.75. The van der Waals surface area contributed by atoms with E-state index in [1.54, 1.807) is 0 Å². The maximum Gasteiger partial charge on any atom is 0.124 e. The van der Waals surface area contributed by atoms with Gasteiger partial charge in [0, 0.05) is 13.2 Å². The van der Waals surface area contributed by atoms with Gasteiger partial charge in [-0.15, -0.1) is 5.06 Å². The van der Waals surface area contributed by atoms with Crippen molar-refractivity contribution in [2.24, 2.45) is 0 Å². The van der Waals surface area contributed by atoms with Crippen LogP contribution in [0.25, 0.3) is 0 Å². The summed E-state index contributed by atoms with van der Waals surface area (Å²) in [4.78, 5) is 0. The Labute approximate surface area is 61.3 Å². The largest absolute Gasteiger partial charge is 0.364 e. The molecule has 0 unspecified atom stereocenters. The van der Waals surface area contributed by atoms with Gasteiger partial charge in [0.1, 0.15) is 13.5 Å². The highest BCUT2D eigenvalue weighted by Crippen LogP contribution is 1.83. The Morgan fingerprint density at radius 1 is 1.10 bits per heavy atom. The van der Waals surface area contributed by atoms with Gasteiger partial charge in [0.2, 0.25) is 0 Å². The predicted molar refractivity (Wildman–Crippen MR) is 36.6 cm³/mol. The zero-order valence-electron chi connectivity index (χ0n) is 6.54. The van der Waals surface area contributed by atoms with Crippen LogP contribution in [-0.4, -0.2) is 36.9 Å². The van der Waals surface area contributed by atoms with Crippen LogP contribution >= 0.6 is 0 Å². The van der Waals surface area contributed by atoms with E-state index in [1.165, 1.54) is 0 Å². The van der Waals surface area contributed by atoms with Crippen LogP contribution in [0.5, 0.6) is 0 Å². The predicted octanol–water partition coefficient (Wildman–Crippen LogP) is 0.666. The van der Waals surface area contributed by atoms with Gasteiger partial charge < -0.3 is 14.7 Å². The van der Waals surface area contributed by atoms with E-state index >= 15 is 0 Å². The smallest absolute Gasteiger partial charge is 0.124 e. The highest BCUT2D eigenvalue weighted by molar-refractivity contribution is 4.22. The molecule has 0 spiro atoms. The third-order valence-corrected chi connectivity index (χ3v) is 0.889. The number of nitrogens with zero attached hydrogens (tertiary/aromatic N) is 1. The fourth-order valence-corrected chi connectivity index (χ4v) is 0.431. The van der Waals surface area contributed by atoms with E-state index in [4.69, 9.17) is 14.7 Å². The number of hydroxylamine groups is 2. The maximum absolute atomic E-state index is 8.89. The van der Waals surface area contributed by atoms with Crippen LogP contribution in [0.15, 0.2) is 0 Å². The number of hydrogen-bond acceptors (Lipinski definition) is 4. The highest BCUT2D eigenvalue weighted by atomic mass is 16.6. The Morgan fingerprint density at radius 2 is 1.50 bits per heavy atom. The molecule has 0 bridgehead atoms. The quantitative estimate of drug-likeness (QED) is 0.445. The average Bonchev–Trinajstić information content (AvgIpc) is 1.97. The molecule has 10 heavy (non-hydrogen) atoms. The fourth-order valence-electron chi connectivity index (χ4n) is 0.431. The van der Waals surface area contributed by atoms with Crippen molar-refractivity contribution in [1.29, 1.82) is 0 Å². The van der Waals surface area contributed by atoms with Gasteiger partial charge in [-0.2, -0.15) is 0 Å². The molecule has 0 heterocycles. The lowest BCUT2D eigenvalue weighted by atomic mass is 10.8. The topological polar surface area (TPSA) is 41.9 Å². The van der Waals surface area contributed by atoms with Crippen molar-refractivity contribution in [1.82, 2.24) is 5.06 Å². The first-order chi connectivity index (χ1) is 4.81. The first-order valence-electron chi connectivity index (χ1n) is 3.40. The molecule has 0 atom stereocenters. The van der Waals surface area contributed by atoms with Gasteiger partial charge in [-0.05, 0) is 13.8 Å². The fraction of sp³-hybridized carbons (Fsp3) is 1.00. The van der Waals surface area contributed by atoms with Crippen molar-refractivity contribution in [3.05, 3.63) is 0 Å². The van der Waals surface area contributed by atoms with E-state index in [0.29, 0.717) is 13.2 Å². The molecular formula is C6H15NO3. The van der Waals surface area contributed by atoms with E-state index in [1.807, 2.05) is 13.8 Å². The molecule has 0 aromatic heterocycles. The third kappa shape index (κ3) is 5.97. The Bertz CT molecular complexity index is 62.0. The molecule has 0 saturated carbocycles. The second-order valence-corrected chi connectivity index (χ2v) is 1.75. The van der Waals surface area contributed by atoms with Gasteiger partial charge in [-0.3, -0.25) is 0 Å². The second kappa shape index (κ2) is 6.95. The molecule has 0 aliphatic rings. The zero-order valence-corrected chi connectivity index (χ0v) is 6.54. The van der Waals surface area contributed by atoms with Crippen molar-refractivity contribution >= 4 is 0 Å². The molecule has 0 aliphatic heterocycles. The Kier molecular flexibility index (Phi) is 6.84. The van der Waals surface area contributed by atoms with Gasteiger partial charge in [0.15, 0.2) is 0 Å². The molecule has 0 fully saturated rings. The molecule has 0 rings (SSSR count). The van der Waals surface area contributed by atoms with Gasteiger partial charge in [-0.25, -0.2) is 0 Å². The minimum absolute atomic E-state index is 0.205. The van der Waals surface area contributed by atoms with Gasteiger partial charge in [0.05, 0.1) is 0 Å². The summed E-state index contributed by atoms with van der Waals surface area (Å²) in [6.45, 7) is 5.35. The van der Waals surface area contributed by atoms with E-state index in [0.717, 1.165) is 5.06 Å². The van der Waals surface area contributed by atoms with Crippen molar-refractivity contribution in [2.45, 2.75) is 13.8 Å². The molecule has 62 valence electrons. The molecule has 0 aromatic rings. The minimum Gasteiger partial charge on any atom is -0.364 e. The summed E-state index contributed by atoms with van der Waals surface area (Å²) in [5.41, 5.74) is 0. The van der Waals surface area contributed by atoms with E-state index in [-0.39, 0.29) is 13.5 Å². The van der Waals surface area contributed by atoms with Crippen molar-refractivity contribution in [2.75, 3.05) is 26.7 Å². The maximum atomic E-state index is 8.89. The number of rotatable bonds is 6. The summed E-state index contributed by atoms with van der Waals surface area (Å²) in [6.07, 6.45) is 0. The van der Waals surface area contributed by atoms with Crippen LogP contribution < -0.4 is 0 Å². The summed E-state index contributed by atoms with van der Waals surface area (Å²) < 4.78 is 9.78. The minimum atomic E-state index is 0.205. The van der Waals surface area contributed by atoms with Gasteiger partial charge in [0.25, 0.3) is 0 Å². The standard InChI is InChI=1S/C6H15NO3/c1-3-9-5-7(8)6-10-4-2/h8H,3-6H2,1-2H3. The van der Waals surface area contributed by atoms with Crippen LogP contribution in [0.3, 0.4) is 0 Å². The Balaban J connectivity index is 3.00. The van der Waals surface area contributed by atoms with Crippen LogP contribution in [0.1, 0.15) is 13.8 Å². The molecule has 0 aromatic carbocycles. The van der Waals surface area contributed by atoms with Crippen molar-refractivity contribution in [3.63, 3.8) is 0 Å². The van der Waals surface area contributed by atoms with Crippen molar-refractivity contribution in [3.8, 4) is 0 Å². The monoisotopic (exact) mass is 149 g/mol. The molecule has 0 saturated heterocycles. The van der Waals surface area contributed by atoms with Crippen LogP contribution in [0.4, 0.5) is 0 Å². The number of ether oxygens (including phenoxy) is 2. The van der Waals surface area contributed by atoms with Crippen molar-refractivity contribution < 1.29 is 14.7 Å². The van der Waals surface area contributed by atoms with E-state index < -0.39 is 0 Å². The highest BCUT2D eigenvalue weighted by Gasteiger charge is 1.96. The molecular weight excluding hydrogens is 134 g/mol. The van der Waals surface area contributed by atoms with Crippen LogP contribution in [0, 0.1) is 0 Å². The van der Waals surface area contributed by atoms with Gasteiger partial charge >= 0.3 is 0 Å². The summed E-state index contributed by atoms with van der Waals surface area (Å²) in [6, 6.07) is 0.